The van der Waals surface area contributed by atoms with Crippen molar-refractivity contribution in [2.24, 2.45) is 0 Å². The second-order valence-corrected chi connectivity index (χ2v) is 9.70. The van der Waals surface area contributed by atoms with Gasteiger partial charge in [0.05, 0.1) is 12.9 Å². The molecular formula is C23H31N3O5S. The summed E-state index contributed by atoms with van der Waals surface area (Å²) in [5.74, 6) is 0.655. The van der Waals surface area contributed by atoms with E-state index in [0.717, 1.165) is 13.0 Å². The van der Waals surface area contributed by atoms with Crippen molar-refractivity contribution >= 4 is 15.9 Å². The van der Waals surface area contributed by atoms with Crippen molar-refractivity contribution in [1.82, 2.24) is 14.5 Å². The maximum Gasteiger partial charge on any atom is 0.257 e. The van der Waals surface area contributed by atoms with Crippen LogP contribution in [0.2, 0.25) is 0 Å². The van der Waals surface area contributed by atoms with Gasteiger partial charge in [-0.2, -0.15) is 4.31 Å². The first-order valence-corrected chi connectivity index (χ1v) is 12.3. The van der Waals surface area contributed by atoms with Crippen molar-refractivity contribution < 1.29 is 22.7 Å². The number of hydrogen-bond donors (Lipinski definition) is 1. The molecule has 8 nitrogen and oxygen atoms in total. The molecule has 0 bridgehead atoms. The Labute approximate surface area is 190 Å². The first-order valence-electron chi connectivity index (χ1n) is 10.7. The van der Waals surface area contributed by atoms with Crippen LogP contribution >= 0.6 is 0 Å². The van der Waals surface area contributed by atoms with Crippen molar-refractivity contribution in [3.63, 3.8) is 0 Å². The zero-order valence-corrected chi connectivity index (χ0v) is 19.2. The molecule has 2 aromatic rings. The van der Waals surface area contributed by atoms with E-state index in [2.05, 4.69) is 22.3 Å². The minimum Gasteiger partial charge on any atom is -0.497 e. The largest absolute Gasteiger partial charge is 0.497 e. The average Bonchev–Trinajstić information content (AvgIpc) is 2.82. The van der Waals surface area contributed by atoms with Gasteiger partial charge < -0.3 is 19.7 Å². The molecule has 174 valence electrons. The summed E-state index contributed by atoms with van der Waals surface area (Å²) in [4.78, 5) is 14.3. The standard InChI is InChI=1S/C23H31N3O5S/c1-30-21-8-5-9-22(18-21)31-19-23(27)24-11-17-32(28,29)26-15-13-25(14-16-26)12-10-20-6-3-2-4-7-20/h2-9,18H,10-17,19H2,1H3,(H,24,27). The van der Waals surface area contributed by atoms with E-state index in [0.29, 0.717) is 37.7 Å². The average molecular weight is 462 g/mol. The zero-order chi connectivity index (χ0) is 22.8. The van der Waals surface area contributed by atoms with E-state index >= 15 is 0 Å². The van der Waals surface area contributed by atoms with Crippen LogP contribution < -0.4 is 14.8 Å². The highest BCUT2D eigenvalue weighted by Crippen LogP contribution is 2.18. The van der Waals surface area contributed by atoms with Gasteiger partial charge in [0.25, 0.3) is 5.91 Å². The molecule has 3 rings (SSSR count). The van der Waals surface area contributed by atoms with Gasteiger partial charge in [-0.05, 0) is 24.1 Å². The van der Waals surface area contributed by atoms with Crippen LogP contribution in [-0.4, -0.2) is 82.3 Å². The third-order valence-electron chi connectivity index (χ3n) is 5.38. The summed E-state index contributed by atoms with van der Waals surface area (Å²) in [5.41, 5.74) is 1.29. The molecule has 0 radical (unpaired) electrons. The Morgan fingerprint density at radius 3 is 2.44 bits per heavy atom. The molecule has 9 heteroatoms. The maximum atomic E-state index is 12.6. The van der Waals surface area contributed by atoms with Crippen LogP contribution in [0.3, 0.4) is 0 Å². The molecule has 1 aliphatic heterocycles. The molecule has 1 fully saturated rings. The molecule has 0 aliphatic carbocycles. The van der Waals surface area contributed by atoms with E-state index in [1.165, 1.54) is 9.87 Å². The van der Waals surface area contributed by atoms with Crippen molar-refractivity contribution in [1.29, 1.82) is 0 Å². The lowest BCUT2D eigenvalue weighted by Crippen LogP contribution is -2.50. The fourth-order valence-electron chi connectivity index (χ4n) is 3.50. The second-order valence-electron chi connectivity index (χ2n) is 7.61. The highest BCUT2D eigenvalue weighted by molar-refractivity contribution is 7.89. The maximum absolute atomic E-state index is 12.6. The molecule has 1 N–H and O–H groups in total. The van der Waals surface area contributed by atoms with Crippen molar-refractivity contribution in [2.75, 3.05) is 58.7 Å². The molecule has 1 heterocycles. The highest BCUT2D eigenvalue weighted by Gasteiger charge is 2.26. The lowest BCUT2D eigenvalue weighted by atomic mass is 10.1. The smallest absolute Gasteiger partial charge is 0.257 e. The molecule has 0 spiro atoms. The van der Waals surface area contributed by atoms with E-state index in [-0.39, 0.29) is 24.8 Å². The monoisotopic (exact) mass is 461 g/mol. The summed E-state index contributed by atoms with van der Waals surface area (Å²) < 4.78 is 37.3. The predicted octanol–water partition coefficient (Wildman–Crippen LogP) is 1.38. The van der Waals surface area contributed by atoms with E-state index in [4.69, 9.17) is 9.47 Å². The number of piperazine rings is 1. The lowest BCUT2D eigenvalue weighted by molar-refractivity contribution is -0.122. The molecule has 1 amide bonds. The molecule has 0 saturated carbocycles. The Morgan fingerprint density at radius 1 is 1.00 bits per heavy atom. The number of carbonyl (C=O) groups is 1. The van der Waals surface area contributed by atoms with Gasteiger partial charge in [0.2, 0.25) is 10.0 Å². The fraction of sp³-hybridized carbons (Fsp3) is 0.435. The molecule has 1 saturated heterocycles. The first-order chi connectivity index (χ1) is 15.5. The van der Waals surface area contributed by atoms with Gasteiger partial charge >= 0.3 is 0 Å². The Balaban J connectivity index is 1.34. The van der Waals surface area contributed by atoms with Gasteiger partial charge in [-0.1, -0.05) is 36.4 Å². The number of rotatable bonds is 11. The molecule has 32 heavy (non-hydrogen) atoms. The zero-order valence-electron chi connectivity index (χ0n) is 18.4. The Bertz CT molecular complexity index is 961. The molecule has 0 aromatic heterocycles. The summed E-state index contributed by atoms with van der Waals surface area (Å²) in [6.07, 6.45) is 0.956. The van der Waals surface area contributed by atoms with Crippen LogP contribution in [0, 0.1) is 0 Å². The van der Waals surface area contributed by atoms with Crippen molar-refractivity contribution in [2.45, 2.75) is 6.42 Å². The molecule has 2 aromatic carbocycles. The van der Waals surface area contributed by atoms with Gasteiger partial charge in [-0.15, -0.1) is 0 Å². The van der Waals surface area contributed by atoms with Crippen LogP contribution in [0.25, 0.3) is 0 Å². The summed E-state index contributed by atoms with van der Waals surface area (Å²) in [6, 6.07) is 17.2. The minimum absolute atomic E-state index is 0.0524. The number of nitrogens with one attached hydrogen (secondary N) is 1. The summed E-state index contributed by atoms with van der Waals surface area (Å²) >= 11 is 0. The van der Waals surface area contributed by atoms with Crippen molar-refractivity contribution in [3.8, 4) is 11.5 Å². The lowest BCUT2D eigenvalue weighted by Gasteiger charge is -2.34. The Kier molecular flexibility index (Phi) is 8.90. The number of amides is 1. The summed E-state index contributed by atoms with van der Waals surface area (Å²) in [6.45, 7) is 3.17. The van der Waals surface area contributed by atoms with Crippen LogP contribution in [0.5, 0.6) is 11.5 Å². The number of hydrogen-bond acceptors (Lipinski definition) is 6. The van der Waals surface area contributed by atoms with Gasteiger partial charge in [-0.3, -0.25) is 4.79 Å². The van der Waals surface area contributed by atoms with Gasteiger partial charge in [0.1, 0.15) is 11.5 Å². The molecule has 0 unspecified atom stereocenters. The van der Waals surface area contributed by atoms with E-state index in [9.17, 15) is 13.2 Å². The quantitative estimate of drug-likeness (QED) is 0.544. The number of sulfonamides is 1. The van der Waals surface area contributed by atoms with Crippen LogP contribution in [0.4, 0.5) is 0 Å². The van der Waals surface area contributed by atoms with Crippen LogP contribution in [0.1, 0.15) is 5.56 Å². The van der Waals surface area contributed by atoms with E-state index in [1.807, 2.05) is 18.2 Å². The summed E-state index contributed by atoms with van der Waals surface area (Å²) in [5, 5.41) is 2.61. The van der Waals surface area contributed by atoms with Gasteiger partial charge in [0.15, 0.2) is 6.61 Å². The summed E-state index contributed by atoms with van der Waals surface area (Å²) in [7, 11) is -1.86. The Morgan fingerprint density at radius 2 is 1.72 bits per heavy atom. The Hall–Kier alpha value is -2.62. The number of nitrogens with zero attached hydrogens (tertiary/aromatic N) is 2. The van der Waals surface area contributed by atoms with E-state index in [1.54, 1.807) is 31.4 Å². The third kappa shape index (κ3) is 7.51. The molecule has 0 atom stereocenters. The number of carbonyl (C=O) groups excluding carboxylic acids is 1. The third-order valence-corrected chi connectivity index (χ3v) is 7.25. The van der Waals surface area contributed by atoms with E-state index < -0.39 is 10.0 Å². The minimum atomic E-state index is -3.41. The highest BCUT2D eigenvalue weighted by atomic mass is 32.2. The molecule has 1 aliphatic rings. The topological polar surface area (TPSA) is 88.2 Å². The number of benzene rings is 2. The number of ether oxygens (including phenoxy) is 2. The van der Waals surface area contributed by atoms with Gasteiger partial charge in [-0.25, -0.2) is 8.42 Å². The molecular weight excluding hydrogens is 430 g/mol. The van der Waals surface area contributed by atoms with Gasteiger partial charge in [0, 0.05) is 45.3 Å². The van der Waals surface area contributed by atoms with Crippen LogP contribution in [0.15, 0.2) is 54.6 Å². The first kappa shape index (κ1) is 24.0. The SMILES string of the molecule is COc1cccc(OCC(=O)NCCS(=O)(=O)N2CCN(CCc3ccccc3)CC2)c1. The number of methoxy groups -OCH3 is 1. The van der Waals surface area contributed by atoms with Crippen LogP contribution in [-0.2, 0) is 21.2 Å². The van der Waals surface area contributed by atoms with Crippen molar-refractivity contribution in [3.05, 3.63) is 60.2 Å². The predicted molar refractivity (Wildman–Crippen MR) is 123 cm³/mol. The second kappa shape index (κ2) is 11.8. The normalized spacial score (nSPS) is 15.3. The fourth-order valence-corrected chi connectivity index (χ4v) is 4.84.